The molecule has 3 aliphatic carbocycles. The minimum Gasteiger partial charge on any atom is -0.202 e. The number of fused-ring (bicyclic) bond motifs is 5. The molecule has 11 heterocycles. The second-order valence-electron chi connectivity index (χ2n) is 22.9. The Labute approximate surface area is 587 Å². The quantitative estimate of drug-likeness (QED) is 0.121. The van der Waals surface area contributed by atoms with E-state index in [0.717, 1.165) is 50.1 Å². The Kier molecular flexibility index (Phi) is 42.0. The monoisotopic (exact) mass is 1280 g/mol. The minimum atomic E-state index is 0.795. The van der Waals surface area contributed by atoms with Gasteiger partial charge in [-0.3, -0.25) is 0 Å². The second kappa shape index (κ2) is 46.3. The van der Waals surface area contributed by atoms with Crippen molar-refractivity contribution in [1.82, 2.24) is 0 Å². The number of allylic oxidation sites excluding steroid dienone is 12. The van der Waals surface area contributed by atoms with Crippen LogP contribution >= 0.6 is 0 Å². The van der Waals surface area contributed by atoms with Gasteiger partial charge in [-0.1, -0.05) is 217 Å². The molecule has 4 fully saturated rings. The zero-order chi connectivity index (χ0) is 72.1. The molecule has 3 saturated heterocycles. The maximum atomic E-state index is 2.45. The van der Waals surface area contributed by atoms with Gasteiger partial charge in [0.1, 0.15) is 41.8 Å². The number of nitrogens with zero attached hydrogens (tertiary/aromatic N) is 5. The second-order valence-corrected chi connectivity index (χ2v) is 22.9. The summed E-state index contributed by atoms with van der Waals surface area (Å²) < 4.78 is 11.1. The Balaban J connectivity index is 0.000000556. The maximum Gasteiger partial charge on any atom is 0.212 e. The molecule has 1 saturated carbocycles. The van der Waals surface area contributed by atoms with Crippen LogP contribution in [0.3, 0.4) is 0 Å². The fourth-order valence-corrected chi connectivity index (χ4v) is 12.5. The summed E-state index contributed by atoms with van der Waals surface area (Å²) in [4.78, 5) is 0. The molecule has 1 aromatic carbocycles. The number of aryl methyl sites for hydroxylation is 6. The van der Waals surface area contributed by atoms with Crippen LogP contribution in [-0.4, -0.2) is 26.6 Å². The summed E-state index contributed by atoms with van der Waals surface area (Å²) >= 11 is 0. The number of benzene rings is 1. The van der Waals surface area contributed by atoms with Gasteiger partial charge in [-0.2, -0.15) is 0 Å². The van der Waals surface area contributed by atoms with Crippen LogP contribution in [0.15, 0.2) is 205 Å². The highest BCUT2D eigenvalue weighted by molar-refractivity contribution is 7.49. The fraction of sp³-hybridized carbons (Fsp3) is 0.453. The lowest BCUT2D eigenvalue weighted by molar-refractivity contribution is -0.674. The van der Waals surface area contributed by atoms with Gasteiger partial charge in [0, 0.05) is 71.8 Å². The lowest BCUT2D eigenvalue weighted by atomic mass is 9.33. The summed E-state index contributed by atoms with van der Waals surface area (Å²) in [6.45, 7) is 54.3. The molecule has 0 amide bonds. The van der Waals surface area contributed by atoms with Crippen molar-refractivity contribution < 1.29 is 22.8 Å². The molecule has 0 spiro atoms. The van der Waals surface area contributed by atoms with E-state index < -0.39 is 0 Å². The van der Waals surface area contributed by atoms with Crippen molar-refractivity contribution >= 4 is 48.7 Å². The van der Waals surface area contributed by atoms with E-state index in [0.29, 0.717) is 0 Å². The Morgan fingerprint density at radius 3 is 1.34 bits per heavy atom. The average molecular weight is 1280 g/mol. The van der Waals surface area contributed by atoms with Gasteiger partial charge < -0.3 is 0 Å². The Hall–Kier alpha value is -6.85. The molecular formula is C86H134B4N5+5. The Morgan fingerprint density at radius 1 is 0.411 bits per heavy atom. The number of pyridine rings is 5. The highest BCUT2D eigenvalue weighted by Crippen LogP contribution is 2.53. The van der Waals surface area contributed by atoms with Crippen molar-refractivity contribution in [1.29, 1.82) is 0 Å². The molecule has 0 N–H and O–H groups in total. The molecule has 95 heavy (non-hydrogen) atoms. The minimum absolute atomic E-state index is 0.795. The van der Waals surface area contributed by atoms with Crippen LogP contribution in [0.1, 0.15) is 212 Å². The normalized spacial score (nSPS) is 17.2. The lowest BCUT2D eigenvalue weighted by Gasteiger charge is -2.10. The van der Waals surface area contributed by atoms with Gasteiger partial charge in [-0.25, -0.2) is 22.8 Å². The van der Waals surface area contributed by atoms with Crippen molar-refractivity contribution in [3.63, 3.8) is 0 Å². The highest BCUT2D eigenvalue weighted by atomic mass is 14.9. The van der Waals surface area contributed by atoms with E-state index in [9.17, 15) is 0 Å². The molecule has 6 aromatic rings. The molecule has 6 aliphatic heterocycles. The van der Waals surface area contributed by atoms with E-state index in [1.807, 2.05) is 138 Å². The van der Waals surface area contributed by atoms with Gasteiger partial charge in [-0.05, 0) is 140 Å². The largest absolute Gasteiger partial charge is 0.212 e. The van der Waals surface area contributed by atoms with Crippen LogP contribution in [0.5, 0.6) is 0 Å². The predicted octanol–water partition coefficient (Wildman–Crippen LogP) is 21.2. The molecule has 15 rings (SSSR count). The van der Waals surface area contributed by atoms with E-state index in [4.69, 9.17) is 0 Å². The number of hydrogen-bond acceptors (Lipinski definition) is 0. The van der Waals surface area contributed by atoms with Crippen LogP contribution in [0.25, 0.3) is 33.3 Å². The van der Waals surface area contributed by atoms with Crippen molar-refractivity contribution in [3.8, 4) is 11.3 Å². The molecule has 510 valence electrons. The third kappa shape index (κ3) is 24.0. The van der Waals surface area contributed by atoms with E-state index in [1.165, 1.54) is 110 Å². The molecule has 0 radical (unpaired) electrons. The standard InChI is InChI=1S/C14H14N.C14H16N.2C13H15BN.C12H14B2N.10C2H6/c1-10-6-7-11-9-12(11)14(10)13-5-3-4-8-15(13)2;1-10-7-11-8-12(11)9-13(10)14-5-3-4-6-15(14)2;1-10-6-7-14-9-11(14)13(10)12-5-3-4-8-15(12)2;1-10-6-7-11-9-14(11)13(10)12-5-3-4-8-15(12)2;1-10-6-7-13-9-14(13)12(10)11-5-3-4-8-15(11)2;10*1-2/h3-8H,9H2,1-2H3;3-7,9,11-12H,8H2,1-2H3;2*3-8,11H,9H2,1-2H3;3-8H,9H2,1-2H3;10*1-2H3/q5*+1;;;;;;;;;;. The third-order valence-electron chi connectivity index (χ3n) is 17.3. The van der Waals surface area contributed by atoms with Gasteiger partial charge >= 0.3 is 0 Å². The molecule has 5 aromatic heterocycles. The van der Waals surface area contributed by atoms with Gasteiger partial charge in [0.2, 0.25) is 17.1 Å². The van der Waals surface area contributed by atoms with Crippen LogP contribution in [-0.2, 0) is 41.7 Å². The molecule has 4 atom stereocenters. The van der Waals surface area contributed by atoms with Crippen LogP contribution in [0.2, 0.25) is 30.5 Å². The molecule has 9 heteroatoms. The number of rotatable bonds is 5. The maximum absolute atomic E-state index is 2.45. The zero-order valence-corrected chi connectivity index (χ0v) is 66.2. The molecule has 0 bridgehead atoms. The zero-order valence-electron chi connectivity index (χ0n) is 66.2. The van der Waals surface area contributed by atoms with Crippen molar-refractivity contribution in [2.24, 2.45) is 47.1 Å². The van der Waals surface area contributed by atoms with E-state index in [-0.39, 0.29) is 0 Å². The smallest absolute Gasteiger partial charge is 0.202 e. The van der Waals surface area contributed by atoms with Gasteiger partial charge in [0.15, 0.2) is 62.4 Å². The lowest BCUT2D eigenvalue weighted by Crippen LogP contribution is -2.34. The first-order valence-electron chi connectivity index (χ1n) is 37.8. The van der Waals surface area contributed by atoms with Crippen molar-refractivity contribution in [3.05, 3.63) is 244 Å². The Bertz CT molecular complexity index is 3290. The van der Waals surface area contributed by atoms with E-state index >= 15 is 0 Å². The predicted molar refractivity (Wildman–Crippen MR) is 428 cm³/mol. The molecule has 5 nitrogen and oxygen atoms in total. The van der Waals surface area contributed by atoms with E-state index in [2.05, 4.69) is 275 Å². The van der Waals surface area contributed by atoms with Gasteiger partial charge in [0.05, 0.1) is 5.56 Å². The first-order valence-corrected chi connectivity index (χ1v) is 37.8. The summed E-state index contributed by atoms with van der Waals surface area (Å²) in [7, 11) is 10.6. The van der Waals surface area contributed by atoms with E-state index in [1.54, 1.807) is 16.5 Å². The molecule has 9 aliphatic rings. The van der Waals surface area contributed by atoms with Gasteiger partial charge in [0.25, 0.3) is 0 Å². The first kappa shape index (κ1) is 86.2. The van der Waals surface area contributed by atoms with Crippen LogP contribution < -0.4 is 22.8 Å². The Morgan fingerprint density at radius 2 is 0.842 bits per heavy atom. The highest BCUT2D eigenvalue weighted by Gasteiger charge is 2.50. The molecule has 4 unspecified atom stereocenters. The van der Waals surface area contributed by atoms with Crippen LogP contribution in [0, 0.1) is 18.8 Å². The van der Waals surface area contributed by atoms with Crippen molar-refractivity contribution in [2.45, 2.75) is 216 Å². The summed E-state index contributed by atoms with van der Waals surface area (Å²) in [5.74, 6) is 8.03. The number of aromatic nitrogens is 5. The summed E-state index contributed by atoms with van der Waals surface area (Å²) in [5, 5.41) is 0. The SMILES string of the molecule is CC.CC.CC.CC.CC.CC.CC.CC.CC.CC.CC1=C(c2cccc[n+]2C)B2CB2C=C1.CC1=C(c2cccc[n+]2C)B2CC2C=C1.CC1=C(c2cccc[n+]2C)C2CB2C=C1.CC1=CC2CC2C=C1c1cccc[n+]1C.Cc1ccc2c(c1-c1cccc[n+]1C)C2. The average Bonchev–Trinajstić information content (AvgIpc) is 1.65. The molecular weight excluding hydrogens is 1150 g/mol. The van der Waals surface area contributed by atoms with Gasteiger partial charge in [-0.15, -0.1) is 12.0 Å². The third-order valence-corrected chi connectivity index (χ3v) is 17.3. The summed E-state index contributed by atoms with van der Waals surface area (Å²) in [5.41, 5.74) is 24.5. The summed E-state index contributed by atoms with van der Waals surface area (Å²) in [6, 6.07) is 36.6. The van der Waals surface area contributed by atoms with Crippen molar-refractivity contribution in [2.75, 3.05) is 0 Å². The first-order chi connectivity index (χ1) is 46.3. The fourth-order valence-electron chi connectivity index (χ4n) is 12.5. The van der Waals surface area contributed by atoms with Crippen LogP contribution in [0.4, 0.5) is 0 Å². The number of hydrogen-bond donors (Lipinski definition) is 0. The summed E-state index contributed by atoms with van der Waals surface area (Å²) in [6.07, 6.45) is 31.3. The topological polar surface area (TPSA) is 19.4 Å².